The van der Waals surface area contributed by atoms with Gasteiger partial charge in [0.1, 0.15) is 11.3 Å². The first-order valence-electron chi connectivity index (χ1n) is 6.18. The summed E-state index contributed by atoms with van der Waals surface area (Å²) >= 11 is 7.68. The van der Waals surface area contributed by atoms with Gasteiger partial charge in [0.25, 0.3) is 0 Å². The zero-order chi connectivity index (χ0) is 13.8. The average molecular weight is 300 g/mol. The van der Waals surface area contributed by atoms with Crippen molar-refractivity contribution in [2.24, 2.45) is 0 Å². The summed E-state index contributed by atoms with van der Waals surface area (Å²) in [6.45, 7) is 2.18. The summed E-state index contributed by atoms with van der Waals surface area (Å²) in [7, 11) is 1.62. The van der Waals surface area contributed by atoms with E-state index in [1.54, 1.807) is 7.11 Å². The van der Waals surface area contributed by atoms with Crippen LogP contribution in [0.1, 0.15) is 18.8 Å². The van der Waals surface area contributed by atoms with Gasteiger partial charge in [0.15, 0.2) is 5.65 Å². The number of nitrogens with zero attached hydrogens (tertiary/aromatic N) is 3. The van der Waals surface area contributed by atoms with E-state index in [0.29, 0.717) is 17.8 Å². The molecular weight excluding hydrogens is 282 g/mol. The Morgan fingerprint density at radius 2 is 2.21 bits per heavy atom. The van der Waals surface area contributed by atoms with Gasteiger partial charge < -0.3 is 9.30 Å². The number of pyridine rings is 1. The second-order valence-corrected chi connectivity index (χ2v) is 5.63. The number of methoxy groups -OCH3 is 1. The van der Waals surface area contributed by atoms with Crippen LogP contribution in [0.5, 0.6) is 5.88 Å². The minimum absolute atomic E-state index is 0.331. The van der Waals surface area contributed by atoms with Gasteiger partial charge in [-0.3, -0.25) is 0 Å². The number of hydrogen-bond donors (Lipinski definition) is 0. The molecule has 0 aliphatic heterocycles. The van der Waals surface area contributed by atoms with Gasteiger partial charge in [-0.15, -0.1) is 11.6 Å². The highest BCUT2D eigenvalue weighted by Gasteiger charge is 2.17. The molecule has 4 nitrogen and oxygen atoms in total. The number of alkyl halides is 1. The van der Waals surface area contributed by atoms with Crippen LogP contribution in [0.15, 0.2) is 12.1 Å². The number of hydrogen-bond acceptors (Lipinski definition) is 4. The summed E-state index contributed by atoms with van der Waals surface area (Å²) < 4.78 is 7.38. The highest BCUT2D eigenvalue weighted by molar-refractivity contribution is 7.98. The highest BCUT2D eigenvalue weighted by Crippen LogP contribution is 2.24. The lowest BCUT2D eigenvalue weighted by atomic mass is 10.3. The van der Waals surface area contributed by atoms with Crippen LogP contribution in [0.25, 0.3) is 11.2 Å². The Bertz CT molecular complexity index is 558. The first-order valence-corrected chi connectivity index (χ1v) is 8.10. The van der Waals surface area contributed by atoms with Gasteiger partial charge in [0.2, 0.25) is 5.88 Å². The first kappa shape index (κ1) is 14.5. The third-order valence-electron chi connectivity index (χ3n) is 2.96. The van der Waals surface area contributed by atoms with Gasteiger partial charge >= 0.3 is 0 Å². The summed E-state index contributed by atoms with van der Waals surface area (Å²) in [4.78, 5) is 9.16. The summed E-state index contributed by atoms with van der Waals surface area (Å²) in [5.41, 5.74) is 1.77. The fraction of sp³-hybridized carbons (Fsp3) is 0.538. The lowest BCUT2D eigenvalue weighted by Gasteiger charge is -2.15. The van der Waals surface area contributed by atoms with E-state index in [-0.39, 0.29) is 0 Å². The van der Waals surface area contributed by atoms with Crippen molar-refractivity contribution in [1.82, 2.24) is 14.5 Å². The molecule has 0 radical (unpaired) electrons. The Morgan fingerprint density at radius 1 is 1.42 bits per heavy atom. The number of ether oxygens (including phenoxy) is 1. The molecule has 19 heavy (non-hydrogen) atoms. The van der Waals surface area contributed by atoms with Crippen LogP contribution in [0.2, 0.25) is 0 Å². The molecule has 1 unspecified atom stereocenters. The molecule has 1 atom stereocenters. The number of rotatable bonds is 6. The molecule has 2 aromatic heterocycles. The van der Waals surface area contributed by atoms with E-state index in [2.05, 4.69) is 27.7 Å². The standard InChI is InChI=1S/C13H18ClN3OS/c1-9(8-19-3)17-11(6-7-14)15-10-4-5-12(18-2)16-13(10)17/h4-5,9H,6-8H2,1-3H3. The van der Waals surface area contributed by atoms with E-state index in [0.717, 1.165) is 29.2 Å². The summed E-state index contributed by atoms with van der Waals surface area (Å²) in [6, 6.07) is 4.11. The van der Waals surface area contributed by atoms with Crippen molar-refractivity contribution in [2.45, 2.75) is 19.4 Å². The molecule has 0 bridgehead atoms. The average Bonchev–Trinajstić information content (AvgIpc) is 2.76. The molecule has 0 aromatic carbocycles. The van der Waals surface area contributed by atoms with E-state index in [1.165, 1.54) is 0 Å². The third-order valence-corrected chi connectivity index (χ3v) is 3.97. The van der Waals surface area contributed by atoms with Crippen molar-refractivity contribution < 1.29 is 4.74 Å². The topological polar surface area (TPSA) is 39.9 Å². The predicted molar refractivity (Wildman–Crippen MR) is 81.6 cm³/mol. The van der Waals surface area contributed by atoms with Crippen molar-refractivity contribution in [1.29, 1.82) is 0 Å². The quantitative estimate of drug-likeness (QED) is 0.768. The van der Waals surface area contributed by atoms with Gasteiger partial charge in [0, 0.05) is 30.2 Å². The molecule has 0 N–H and O–H groups in total. The molecule has 2 rings (SSSR count). The van der Waals surface area contributed by atoms with E-state index < -0.39 is 0 Å². The van der Waals surface area contributed by atoms with E-state index in [9.17, 15) is 0 Å². The lowest BCUT2D eigenvalue weighted by Crippen LogP contribution is -2.12. The van der Waals surface area contributed by atoms with Crippen LogP contribution in [-0.4, -0.2) is 39.5 Å². The fourth-order valence-electron chi connectivity index (χ4n) is 2.16. The molecular formula is C13H18ClN3OS. The molecule has 0 saturated carbocycles. The number of halogens is 1. The normalized spacial score (nSPS) is 12.8. The van der Waals surface area contributed by atoms with Crippen molar-refractivity contribution in [2.75, 3.05) is 25.0 Å². The Kier molecular flexibility index (Phi) is 4.93. The van der Waals surface area contributed by atoms with E-state index in [4.69, 9.17) is 16.3 Å². The van der Waals surface area contributed by atoms with Crippen LogP contribution >= 0.6 is 23.4 Å². The van der Waals surface area contributed by atoms with Crippen LogP contribution < -0.4 is 4.74 Å². The van der Waals surface area contributed by atoms with Gasteiger partial charge in [-0.2, -0.15) is 16.7 Å². The second-order valence-electron chi connectivity index (χ2n) is 4.34. The molecule has 0 aliphatic carbocycles. The molecule has 0 spiro atoms. The second kappa shape index (κ2) is 6.48. The fourth-order valence-corrected chi connectivity index (χ4v) is 2.96. The van der Waals surface area contributed by atoms with Crippen LogP contribution in [-0.2, 0) is 6.42 Å². The van der Waals surface area contributed by atoms with E-state index in [1.807, 2.05) is 23.9 Å². The minimum Gasteiger partial charge on any atom is -0.481 e. The van der Waals surface area contributed by atoms with Gasteiger partial charge in [-0.05, 0) is 19.2 Å². The zero-order valence-electron chi connectivity index (χ0n) is 11.4. The Morgan fingerprint density at radius 3 is 2.84 bits per heavy atom. The molecule has 0 amide bonds. The zero-order valence-corrected chi connectivity index (χ0v) is 13.0. The van der Waals surface area contributed by atoms with Crippen LogP contribution in [0.4, 0.5) is 0 Å². The number of aromatic nitrogens is 3. The Hall–Kier alpha value is -0.940. The van der Waals surface area contributed by atoms with Gasteiger partial charge in [-0.1, -0.05) is 0 Å². The van der Waals surface area contributed by atoms with Crippen molar-refractivity contribution >= 4 is 34.5 Å². The maximum atomic E-state index is 5.87. The van der Waals surface area contributed by atoms with Crippen LogP contribution in [0, 0.1) is 0 Å². The summed E-state index contributed by atoms with van der Waals surface area (Å²) in [6.07, 6.45) is 2.85. The molecule has 6 heteroatoms. The lowest BCUT2D eigenvalue weighted by molar-refractivity contribution is 0.398. The van der Waals surface area contributed by atoms with Crippen molar-refractivity contribution in [3.05, 3.63) is 18.0 Å². The third kappa shape index (κ3) is 2.98. The molecule has 0 aliphatic rings. The van der Waals surface area contributed by atoms with Crippen molar-refractivity contribution in [3.8, 4) is 5.88 Å². The molecule has 0 fully saturated rings. The molecule has 2 aromatic rings. The smallest absolute Gasteiger partial charge is 0.215 e. The Balaban J connectivity index is 2.56. The molecule has 104 valence electrons. The number of imidazole rings is 1. The van der Waals surface area contributed by atoms with Crippen LogP contribution in [0.3, 0.4) is 0 Å². The summed E-state index contributed by atoms with van der Waals surface area (Å²) in [5, 5.41) is 0. The van der Waals surface area contributed by atoms with E-state index >= 15 is 0 Å². The van der Waals surface area contributed by atoms with Gasteiger partial charge in [0.05, 0.1) is 7.11 Å². The Labute approximate surface area is 122 Å². The largest absolute Gasteiger partial charge is 0.481 e. The summed E-state index contributed by atoms with van der Waals surface area (Å²) in [5.74, 6) is 3.18. The van der Waals surface area contributed by atoms with Crippen molar-refractivity contribution in [3.63, 3.8) is 0 Å². The predicted octanol–water partition coefficient (Wildman–Crippen LogP) is 3.15. The first-order chi connectivity index (χ1) is 9.21. The maximum absolute atomic E-state index is 5.87. The molecule has 0 saturated heterocycles. The minimum atomic E-state index is 0.331. The maximum Gasteiger partial charge on any atom is 0.215 e. The SMILES string of the molecule is COc1ccc2nc(CCCl)n(C(C)CSC)c2n1. The number of aryl methyl sites for hydroxylation is 1. The monoisotopic (exact) mass is 299 g/mol. The highest BCUT2D eigenvalue weighted by atomic mass is 35.5. The number of fused-ring (bicyclic) bond motifs is 1. The number of thioether (sulfide) groups is 1. The molecule has 2 heterocycles. The van der Waals surface area contributed by atoms with Gasteiger partial charge in [-0.25, -0.2) is 4.98 Å².